The minimum atomic E-state index is -0.354. The van der Waals surface area contributed by atoms with E-state index in [4.69, 9.17) is 4.74 Å². The highest BCUT2D eigenvalue weighted by molar-refractivity contribution is 5.94. The second kappa shape index (κ2) is 7.25. The number of amides is 2. The van der Waals surface area contributed by atoms with E-state index in [1.807, 2.05) is 0 Å². The van der Waals surface area contributed by atoms with Crippen LogP contribution in [0.25, 0.3) is 0 Å². The zero-order valence-electron chi connectivity index (χ0n) is 13.6. The first-order chi connectivity index (χ1) is 12.0. The summed E-state index contributed by atoms with van der Waals surface area (Å²) >= 11 is 0. The van der Waals surface area contributed by atoms with Crippen molar-refractivity contribution in [2.24, 2.45) is 0 Å². The van der Waals surface area contributed by atoms with Crippen LogP contribution < -0.4 is 10.1 Å². The maximum Gasteiger partial charge on any atom is 0.316 e. The molecular formula is C17H17FN4O3. The van der Waals surface area contributed by atoms with Crippen LogP contribution in [0.2, 0.25) is 0 Å². The van der Waals surface area contributed by atoms with Crippen LogP contribution in [0.15, 0.2) is 36.7 Å². The molecule has 1 atom stereocenters. The molecule has 25 heavy (non-hydrogen) atoms. The summed E-state index contributed by atoms with van der Waals surface area (Å²) in [5.41, 5.74) is 1.00. The lowest BCUT2D eigenvalue weighted by molar-refractivity contribution is -0.128. The molecule has 7 nitrogen and oxygen atoms in total. The molecule has 3 rings (SSSR count). The third-order valence-corrected chi connectivity index (χ3v) is 3.89. The number of likely N-dealkylation sites (tertiary alicyclic amines) is 1. The summed E-state index contributed by atoms with van der Waals surface area (Å²) in [6, 6.07) is 5.98. The minimum Gasteiger partial charge on any atom is -0.467 e. The van der Waals surface area contributed by atoms with Gasteiger partial charge in [0.25, 0.3) is 5.91 Å². The molecule has 2 amide bonds. The molecule has 1 saturated heterocycles. The Hall–Kier alpha value is -3.03. The summed E-state index contributed by atoms with van der Waals surface area (Å²) in [5.74, 6) is -0.776. The monoisotopic (exact) mass is 344 g/mol. The van der Waals surface area contributed by atoms with Crippen molar-refractivity contribution in [2.45, 2.75) is 19.0 Å². The fourth-order valence-corrected chi connectivity index (χ4v) is 2.68. The Morgan fingerprint density at radius 3 is 2.84 bits per heavy atom. The molecule has 1 aromatic heterocycles. The Labute approximate surface area is 143 Å². The summed E-state index contributed by atoms with van der Waals surface area (Å²) in [7, 11) is 1.44. The van der Waals surface area contributed by atoms with Gasteiger partial charge in [0.15, 0.2) is 0 Å². The van der Waals surface area contributed by atoms with E-state index in [1.165, 1.54) is 31.6 Å². The summed E-state index contributed by atoms with van der Waals surface area (Å²) in [6.07, 6.45) is 2.93. The second-order valence-electron chi connectivity index (χ2n) is 5.74. The average molecular weight is 344 g/mol. The van der Waals surface area contributed by atoms with Gasteiger partial charge in [-0.15, -0.1) is 0 Å². The van der Waals surface area contributed by atoms with Crippen LogP contribution in [0.3, 0.4) is 0 Å². The lowest BCUT2D eigenvalue weighted by Crippen LogP contribution is -2.37. The first kappa shape index (κ1) is 16.8. The number of methoxy groups -OCH3 is 1. The van der Waals surface area contributed by atoms with E-state index < -0.39 is 0 Å². The third kappa shape index (κ3) is 4.09. The first-order valence-corrected chi connectivity index (χ1v) is 7.74. The van der Waals surface area contributed by atoms with Gasteiger partial charge in [-0.05, 0) is 17.7 Å². The zero-order valence-corrected chi connectivity index (χ0v) is 13.6. The molecule has 2 aromatic rings. The number of rotatable bonds is 5. The van der Waals surface area contributed by atoms with Crippen molar-refractivity contribution in [3.05, 3.63) is 53.6 Å². The summed E-state index contributed by atoms with van der Waals surface area (Å²) in [4.78, 5) is 33.7. The normalized spacial score (nSPS) is 16.8. The van der Waals surface area contributed by atoms with Gasteiger partial charge >= 0.3 is 6.01 Å². The van der Waals surface area contributed by atoms with Crippen molar-refractivity contribution in [3.8, 4) is 6.01 Å². The fourth-order valence-electron chi connectivity index (χ4n) is 2.68. The molecule has 2 heterocycles. The summed E-state index contributed by atoms with van der Waals surface area (Å²) in [5, 5.41) is 2.79. The molecule has 1 fully saturated rings. The van der Waals surface area contributed by atoms with Gasteiger partial charge in [-0.2, -0.15) is 0 Å². The number of hydrogen-bond acceptors (Lipinski definition) is 5. The minimum absolute atomic E-state index is 0.0828. The molecule has 0 radical (unpaired) electrons. The standard InChI is InChI=1S/C17H17FN4O3/c1-25-17-19-7-12(8-20-17)16(24)21-14-6-15(23)22(10-14)9-11-3-2-4-13(18)5-11/h2-5,7-8,14H,6,9-10H2,1H3,(H,21,24). The van der Waals surface area contributed by atoms with E-state index in [1.54, 1.807) is 17.0 Å². The molecule has 1 aliphatic rings. The molecule has 1 aromatic carbocycles. The van der Waals surface area contributed by atoms with E-state index in [9.17, 15) is 14.0 Å². The molecule has 8 heteroatoms. The molecule has 1 aliphatic heterocycles. The molecule has 0 bridgehead atoms. The van der Waals surface area contributed by atoms with E-state index in [0.717, 1.165) is 0 Å². The highest BCUT2D eigenvalue weighted by atomic mass is 19.1. The van der Waals surface area contributed by atoms with Crippen LogP contribution in [0.4, 0.5) is 4.39 Å². The van der Waals surface area contributed by atoms with E-state index >= 15 is 0 Å². The van der Waals surface area contributed by atoms with Gasteiger partial charge in [0, 0.05) is 31.9 Å². The number of carbonyl (C=O) groups excluding carboxylic acids is 2. The average Bonchev–Trinajstić information content (AvgIpc) is 2.94. The Kier molecular flexibility index (Phi) is 4.87. The number of ether oxygens (including phenoxy) is 1. The topological polar surface area (TPSA) is 84.4 Å². The summed E-state index contributed by atoms with van der Waals surface area (Å²) in [6.45, 7) is 0.687. The van der Waals surface area contributed by atoms with Crippen molar-refractivity contribution in [2.75, 3.05) is 13.7 Å². The van der Waals surface area contributed by atoms with Crippen LogP contribution in [0.1, 0.15) is 22.3 Å². The largest absolute Gasteiger partial charge is 0.467 e. The van der Waals surface area contributed by atoms with Crippen LogP contribution in [-0.2, 0) is 11.3 Å². The van der Waals surface area contributed by atoms with Gasteiger partial charge < -0.3 is 15.0 Å². The van der Waals surface area contributed by atoms with E-state index in [0.29, 0.717) is 18.7 Å². The molecule has 1 unspecified atom stereocenters. The predicted molar refractivity (Wildman–Crippen MR) is 86.3 cm³/mol. The van der Waals surface area contributed by atoms with Gasteiger partial charge in [0.2, 0.25) is 5.91 Å². The third-order valence-electron chi connectivity index (χ3n) is 3.89. The van der Waals surface area contributed by atoms with Gasteiger partial charge in [0.05, 0.1) is 18.7 Å². The Morgan fingerprint density at radius 2 is 2.16 bits per heavy atom. The maximum absolute atomic E-state index is 13.2. The molecule has 0 spiro atoms. The number of nitrogens with zero attached hydrogens (tertiary/aromatic N) is 3. The predicted octanol–water partition coefficient (Wildman–Crippen LogP) is 1.16. The molecule has 1 N–H and O–H groups in total. The quantitative estimate of drug-likeness (QED) is 0.880. The Morgan fingerprint density at radius 1 is 1.40 bits per heavy atom. The molecular weight excluding hydrogens is 327 g/mol. The zero-order chi connectivity index (χ0) is 17.8. The van der Waals surface area contributed by atoms with Crippen LogP contribution >= 0.6 is 0 Å². The van der Waals surface area contributed by atoms with E-state index in [-0.39, 0.29) is 41.7 Å². The van der Waals surface area contributed by atoms with Crippen molar-refractivity contribution in [1.82, 2.24) is 20.2 Å². The fraction of sp³-hybridized carbons (Fsp3) is 0.294. The molecule has 0 saturated carbocycles. The maximum atomic E-state index is 13.2. The number of halogens is 1. The molecule has 130 valence electrons. The Balaban J connectivity index is 1.59. The highest BCUT2D eigenvalue weighted by Crippen LogP contribution is 2.16. The van der Waals surface area contributed by atoms with Gasteiger partial charge in [-0.25, -0.2) is 14.4 Å². The molecule has 0 aliphatic carbocycles. The van der Waals surface area contributed by atoms with Crippen molar-refractivity contribution in [3.63, 3.8) is 0 Å². The lowest BCUT2D eigenvalue weighted by Gasteiger charge is -2.17. The number of aromatic nitrogens is 2. The second-order valence-corrected chi connectivity index (χ2v) is 5.74. The number of benzene rings is 1. The number of hydrogen-bond donors (Lipinski definition) is 1. The van der Waals surface area contributed by atoms with Gasteiger partial charge in [-0.3, -0.25) is 9.59 Å². The van der Waals surface area contributed by atoms with Crippen molar-refractivity contribution < 1.29 is 18.7 Å². The smallest absolute Gasteiger partial charge is 0.316 e. The first-order valence-electron chi connectivity index (χ1n) is 7.74. The van der Waals surface area contributed by atoms with Crippen molar-refractivity contribution in [1.29, 1.82) is 0 Å². The Bertz CT molecular complexity index is 782. The summed E-state index contributed by atoms with van der Waals surface area (Å²) < 4.78 is 18.1. The number of carbonyl (C=O) groups is 2. The van der Waals surface area contributed by atoms with E-state index in [2.05, 4.69) is 15.3 Å². The van der Waals surface area contributed by atoms with Crippen LogP contribution in [0.5, 0.6) is 6.01 Å². The van der Waals surface area contributed by atoms with Crippen LogP contribution in [0, 0.1) is 5.82 Å². The highest BCUT2D eigenvalue weighted by Gasteiger charge is 2.30. The van der Waals surface area contributed by atoms with Crippen molar-refractivity contribution >= 4 is 11.8 Å². The lowest BCUT2D eigenvalue weighted by atomic mass is 10.2. The van der Waals surface area contributed by atoms with Gasteiger partial charge in [-0.1, -0.05) is 12.1 Å². The van der Waals surface area contributed by atoms with Crippen LogP contribution in [-0.4, -0.2) is 46.4 Å². The number of nitrogens with one attached hydrogen (secondary N) is 1. The SMILES string of the molecule is COc1ncc(C(=O)NC2CC(=O)N(Cc3cccc(F)c3)C2)cn1. The van der Waals surface area contributed by atoms with Gasteiger partial charge in [0.1, 0.15) is 5.82 Å².